The second-order valence-corrected chi connectivity index (χ2v) is 23.7. The van der Waals surface area contributed by atoms with Gasteiger partial charge in [0.1, 0.15) is 63.5 Å². The summed E-state index contributed by atoms with van der Waals surface area (Å²) < 4.78 is 61.4. The highest BCUT2D eigenvalue weighted by atomic mass is 35.5. The molecule has 0 aromatic heterocycles. The molecule has 3 fully saturated rings. The molecule has 3 heterocycles. The summed E-state index contributed by atoms with van der Waals surface area (Å²) in [7, 11) is 4.32. The van der Waals surface area contributed by atoms with Crippen molar-refractivity contribution < 1.29 is 75.9 Å². The van der Waals surface area contributed by atoms with Crippen LogP contribution >= 0.6 is 11.6 Å². The van der Waals surface area contributed by atoms with Crippen molar-refractivity contribution in [3.05, 3.63) is 75.9 Å². The van der Waals surface area contributed by atoms with Gasteiger partial charge in [-0.2, -0.15) is 0 Å². The van der Waals surface area contributed by atoms with Gasteiger partial charge >= 0.3 is 18.1 Å². The quantitative estimate of drug-likeness (QED) is 0.0373. The van der Waals surface area contributed by atoms with Crippen LogP contribution in [0.3, 0.4) is 0 Å². The molecule has 6 rings (SSSR count). The number of urea groups is 1. The summed E-state index contributed by atoms with van der Waals surface area (Å²) in [6.45, 7) is 8.76. The van der Waals surface area contributed by atoms with Gasteiger partial charge in [-0.3, -0.25) is 34.1 Å². The molecule has 2 saturated heterocycles. The number of nitrogens with one attached hydrogen (secondary N) is 3. The number of carbonyl (C=O) groups excluding carboxylic acids is 8. The van der Waals surface area contributed by atoms with Gasteiger partial charge in [-0.1, -0.05) is 75.4 Å². The highest BCUT2D eigenvalue weighted by molar-refractivity contribution is 6.35. The van der Waals surface area contributed by atoms with Crippen LogP contribution in [0.5, 0.6) is 5.75 Å². The first-order chi connectivity index (χ1) is 39.3. The maximum atomic E-state index is 16.1. The van der Waals surface area contributed by atoms with Crippen LogP contribution in [0.4, 0.5) is 29.7 Å². The number of allylic oxidation sites excluding steroid dienone is 3. The molecule has 456 valence electrons. The Kier molecular flexibility index (Phi) is 23.4. The molecule has 83 heavy (non-hydrogen) atoms. The molecule has 19 nitrogen and oxygen atoms in total. The van der Waals surface area contributed by atoms with E-state index in [1.807, 2.05) is 13.0 Å². The Bertz CT molecular complexity index is 2790. The third-order valence-electron chi connectivity index (χ3n) is 16.6. The molecular weight excluding hydrogens is 1100 g/mol. The number of amides is 5. The van der Waals surface area contributed by atoms with E-state index in [2.05, 4.69) is 16.0 Å². The fourth-order valence-corrected chi connectivity index (χ4v) is 11.6. The summed E-state index contributed by atoms with van der Waals surface area (Å²) in [5.41, 5.74) is 2.82. The van der Waals surface area contributed by atoms with Crippen molar-refractivity contribution in [1.82, 2.24) is 10.6 Å². The SMILES string of the molecule is COc1cc2cc(c1Cl)N(C)C(=O)C[C@H](OC(=O)Nc1cc(F)c(CC(=O)[C@H](CCCNC(N)=O)NC(=O)[C@@H](CC(=O)CCCCCCC(=O)C3CCC3)C(C)C)cc1F)[C@]1(C)O[C@H]1[C@H](C)[C@@H]1C[C@@](O)(CC(=O)O1)[C@H](OC)/C=C/C=C(\C)C2. The van der Waals surface area contributed by atoms with Crippen LogP contribution < -0.4 is 31.3 Å². The van der Waals surface area contributed by atoms with Crippen LogP contribution in [0.2, 0.25) is 5.02 Å². The third kappa shape index (κ3) is 17.6. The zero-order valence-electron chi connectivity index (χ0n) is 48.9. The van der Waals surface area contributed by atoms with Gasteiger partial charge < -0.3 is 50.1 Å². The Hall–Kier alpha value is -6.29. The molecule has 9 atom stereocenters. The van der Waals surface area contributed by atoms with E-state index in [1.165, 1.54) is 26.2 Å². The lowest BCUT2D eigenvalue weighted by Crippen LogP contribution is -2.53. The zero-order valence-corrected chi connectivity index (χ0v) is 49.6. The molecule has 0 spiro atoms. The molecule has 0 unspecified atom stereocenters. The Morgan fingerprint density at radius 3 is 2.35 bits per heavy atom. The first-order valence-corrected chi connectivity index (χ1v) is 29.1. The standard InChI is InChI=1S/C61H82ClF2N5O14/c1-34(2)41(29-40(70)19-11-9-10-12-21-47(71)38-17-14-18-38)57(75)67-44(20-15-23-66-58(65)76)48(72)28-39-27-43(64)45(30-42(39)63)68-59(77)82-52-31-53(73)69(6)46-25-37(26-49(79-7)55(46)62)24-35(3)16-13-22-51(80-8)61(78)32-50(81-54(74)33-61)36(4)56-60(52,5)83-56/h13,16,22,25-27,30,34,36,38,41,44,50-52,56,78H,9-12,14-15,17-21,23-24,28-29,31-33H2,1-8H3,(H,67,75)(H,68,77)(H3,65,66,76)/b22-13+,35-16+/t36-,41+,44+,50+,51-,52+,56+,60+,61-/m1/s1. The van der Waals surface area contributed by atoms with Crippen molar-refractivity contribution in [2.75, 3.05) is 38.0 Å². The molecule has 1 saturated carbocycles. The molecule has 0 radical (unpaired) electrons. The predicted molar refractivity (Wildman–Crippen MR) is 306 cm³/mol. The van der Waals surface area contributed by atoms with E-state index in [1.54, 1.807) is 52.0 Å². The second kappa shape index (κ2) is 29.5. The number of epoxide rings is 1. The molecule has 4 aliphatic rings. The van der Waals surface area contributed by atoms with Crippen LogP contribution in [0.25, 0.3) is 0 Å². The highest BCUT2D eigenvalue weighted by Gasteiger charge is 2.64. The molecule has 1 aliphatic carbocycles. The number of esters is 1. The predicted octanol–water partition coefficient (Wildman–Crippen LogP) is 8.89. The minimum Gasteiger partial charge on any atom is -0.495 e. The smallest absolute Gasteiger partial charge is 0.412 e. The molecule has 4 bridgehead atoms. The molecule has 22 heteroatoms. The fraction of sp³-hybridized carbons (Fsp3) is 0.607. The van der Waals surface area contributed by atoms with E-state index >= 15 is 8.78 Å². The van der Waals surface area contributed by atoms with E-state index < -0.39 is 125 Å². The van der Waals surface area contributed by atoms with E-state index in [0.717, 1.165) is 50.2 Å². The number of hydrogen-bond acceptors (Lipinski definition) is 14. The number of Topliss-reactive ketones (excluding diaryl/α,β-unsaturated/α-hetero) is 3. The number of primary amides is 1. The number of hydrogen-bond donors (Lipinski definition) is 5. The van der Waals surface area contributed by atoms with Crippen LogP contribution in [-0.2, 0) is 60.6 Å². The van der Waals surface area contributed by atoms with E-state index in [-0.39, 0.29) is 79.1 Å². The lowest BCUT2D eigenvalue weighted by molar-refractivity contribution is -0.187. The number of aliphatic hydroxyl groups is 1. The summed E-state index contributed by atoms with van der Waals surface area (Å²) in [5, 5.41) is 19.5. The van der Waals surface area contributed by atoms with Crippen molar-refractivity contribution >= 4 is 70.2 Å². The van der Waals surface area contributed by atoms with Gasteiger partial charge in [0, 0.05) is 76.6 Å². The molecule has 3 aliphatic heterocycles. The molecular formula is C61H82ClF2N5O14. The number of anilines is 2. The van der Waals surface area contributed by atoms with Gasteiger partial charge in [-0.25, -0.2) is 18.4 Å². The molecule has 2 aromatic carbocycles. The lowest BCUT2D eigenvalue weighted by atomic mass is 9.78. The van der Waals surface area contributed by atoms with Gasteiger partial charge in [0.05, 0.1) is 43.5 Å². The topological polar surface area (TPSA) is 272 Å². The Balaban J connectivity index is 1.17. The summed E-state index contributed by atoms with van der Waals surface area (Å²) >= 11 is 6.80. The van der Waals surface area contributed by atoms with Crippen molar-refractivity contribution in [2.24, 2.45) is 29.4 Å². The summed E-state index contributed by atoms with van der Waals surface area (Å²) in [4.78, 5) is 107. The summed E-state index contributed by atoms with van der Waals surface area (Å²) in [6, 6.07) is 2.75. The van der Waals surface area contributed by atoms with Gasteiger partial charge in [-0.15, -0.1) is 0 Å². The molecule has 2 aromatic rings. The average Bonchev–Trinajstić information content (AvgIpc) is 1.89. The normalized spacial score (nSPS) is 25.5. The number of nitrogens with zero attached hydrogens (tertiary/aromatic N) is 1. The van der Waals surface area contributed by atoms with Crippen LogP contribution in [-0.4, -0.2) is 122 Å². The number of halogens is 3. The number of unbranched alkanes of at least 4 members (excludes halogenated alkanes) is 3. The number of nitrogens with two attached hydrogens (primary N) is 1. The Morgan fingerprint density at radius 2 is 1.70 bits per heavy atom. The zero-order chi connectivity index (χ0) is 60.9. The number of ketones is 3. The van der Waals surface area contributed by atoms with Gasteiger partial charge in [-0.05, 0) is 94.0 Å². The maximum absolute atomic E-state index is 16.1. The minimum absolute atomic E-state index is 0.0328. The monoisotopic (exact) mass is 1180 g/mol. The number of rotatable bonds is 24. The van der Waals surface area contributed by atoms with Crippen LogP contribution in [0, 0.1) is 35.3 Å². The van der Waals surface area contributed by atoms with E-state index in [9.17, 15) is 43.5 Å². The number of methoxy groups -OCH3 is 2. The number of fused-ring (bicyclic) bond motifs is 5. The first kappa shape index (κ1) is 65.9. The summed E-state index contributed by atoms with van der Waals surface area (Å²) in [6.07, 6.45) is 5.25. The van der Waals surface area contributed by atoms with Crippen molar-refractivity contribution in [3.8, 4) is 5.75 Å². The van der Waals surface area contributed by atoms with Crippen molar-refractivity contribution in [2.45, 2.75) is 185 Å². The average molecular weight is 1180 g/mol. The molecule has 5 amide bonds. The number of ether oxygens (including phenoxy) is 5. The van der Waals surface area contributed by atoms with Gasteiger partial charge in [0.25, 0.3) is 0 Å². The van der Waals surface area contributed by atoms with Crippen molar-refractivity contribution in [1.29, 1.82) is 0 Å². The van der Waals surface area contributed by atoms with Crippen molar-refractivity contribution in [3.63, 3.8) is 0 Å². The number of benzene rings is 2. The number of carbonyl (C=O) groups is 8. The Labute approximate surface area is 489 Å². The van der Waals surface area contributed by atoms with Crippen LogP contribution in [0.15, 0.2) is 48.1 Å². The second-order valence-electron chi connectivity index (χ2n) is 23.3. The first-order valence-electron chi connectivity index (χ1n) is 28.7. The Morgan fingerprint density at radius 1 is 0.988 bits per heavy atom. The van der Waals surface area contributed by atoms with Gasteiger partial charge in [0.2, 0.25) is 11.8 Å². The summed E-state index contributed by atoms with van der Waals surface area (Å²) in [5.74, 6) is -5.99. The molecule has 6 N–H and O–H groups in total. The van der Waals surface area contributed by atoms with Gasteiger partial charge in [0.15, 0.2) is 5.78 Å². The van der Waals surface area contributed by atoms with Crippen LogP contribution in [0.1, 0.15) is 142 Å². The fourth-order valence-electron chi connectivity index (χ4n) is 11.3. The minimum atomic E-state index is -1.70. The lowest BCUT2D eigenvalue weighted by Gasteiger charge is -2.41. The maximum Gasteiger partial charge on any atom is 0.412 e. The van der Waals surface area contributed by atoms with E-state index in [4.69, 9.17) is 41.0 Å². The van der Waals surface area contributed by atoms with E-state index in [0.29, 0.717) is 36.7 Å². The third-order valence-corrected chi connectivity index (χ3v) is 17.0. The highest BCUT2D eigenvalue weighted by Crippen LogP contribution is 2.50. The largest absolute Gasteiger partial charge is 0.495 e.